The van der Waals surface area contributed by atoms with Gasteiger partial charge in [0, 0.05) is 49.2 Å². The lowest BCUT2D eigenvalue weighted by Crippen LogP contribution is -2.43. The standard InChI is InChI=1S/C32H40N4O5/c1-39-25-7-8-26-27(32(38)34-24-4-2-3-5-24)20-31(37)36(28(26)19-25)15-14-35-12-10-23(11-13-35)33-21-22-6-9-29-30(18-22)41-17-16-40-29/h6-9,18-20,23-24,33H,2-5,10-17,21H2,1H3,(H,34,38). The molecule has 3 heterocycles. The third-order valence-corrected chi connectivity index (χ3v) is 8.68. The number of nitrogens with zero attached hydrogens (tertiary/aromatic N) is 2. The van der Waals surface area contributed by atoms with Gasteiger partial charge in [-0.05, 0) is 68.6 Å². The maximum atomic E-state index is 13.3. The third-order valence-electron chi connectivity index (χ3n) is 8.68. The molecule has 9 heteroatoms. The molecule has 0 bridgehead atoms. The number of methoxy groups -OCH3 is 1. The van der Waals surface area contributed by atoms with Gasteiger partial charge in [0.1, 0.15) is 19.0 Å². The molecule has 218 valence electrons. The van der Waals surface area contributed by atoms with E-state index in [9.17, 15) is 9.59 Å². The van der Waals surface area contributed by atoms with Crippen LogP contribution in [-0.2, 0) is 13.1 Å². The van der Waals surface area contributed by atoms with E-state index in [1.807, 2.05) is 24.3 Å². The Morgan fingerprint density at radius 2 is 1.71 bits per heavy atom. The largest absolute Gasteiger partial charge is 0.497 e. The van der Waals surface area contributed by atoms with Crippen molar-refractivity contribution in [3.8, 4) is 17.2 Å². The van der Waals surface area contributed by atoms with Crippen LogP contribution < -0.4 is 30.4 Å². The van der Waals surface area contributed by atoms with Crippen LogP contribution in [-0.4, -0.2) is 67.4 Å². The molecule has 2 aromatic carbocycles. The second-order valence-corrected chi connectivity index (χ2v) is 11.4. The number of amides is 1. The minimum Gasteiger partial charge on any atom is -0.497 e. The van der Waals surface area contributed by atoms with Crippen LogP contribution in [0.3, 0.4) is 0 Å². The molecule has 1 aliphatic carbocycles. The number of nitrogens with one attached hydrogen (secondary N) is 2. The second kappa shape index (κ2) is 12.5. The molecule has 1 aromatic heterocycles. The summed E-state index contributed by atoms with van der Waals surface area (Å²) in [5.74, 6) is 2.15. The van der Waals surface area contributed by atoms with Crippen molar-refractivity contribution in [3.05, 3.63) is 63.9 Å². The molecule has 0 radical (unpaired) electrons. The zero-order chi connectivity index (χ0) is 28.2. The molecule has 2 fully saturated rings. The molecule has 3 aromatic rings. The van der Waals surface area contributed by atoms with Gasteiger partial charge in [0.15, 0.2) is 11.5 Å². The lowest BCUT2D eigenvalue weighted by Gasteiger charge is -2.32. The SMILES string of the molecule is COc1ccc2c(C(=O)NC3CCCC3)cc(=O)n(CCN3CCC(NCc4ccc5c(c4)OCCO5)CC3)c2c1. The van der Waals surface area contributed by atoms with E-state index < -0.39 is 0 Å². The lowest BCUT2D eigenvalue weighted by atomic mass is 10.0. The van der Waals surface area contributed by atoms with E-state index in [4.69, 9.17) is 14.2 Å². The lowest BCUT2D eigenvalue weighted by molar-refractivity contribution is 0.0939. The van der Waals surface area contributed by atoms with Crippen LogP contribution in [0.2, 0.25) is 0 Å². The van der Waals surface area contributed by atoms with Crippen molar-refractivity contribution in [1.29, 1.82) is 0 Å². The van der Waals surface area contributed by atoms with Crippen molar-refractivity contribution in [2.75, 3.05) is 40.0 Å². The maximum absolute atomic E-state index is 13.3. The fourth-order valence-corrected chi connectivity index (χ4v) is 6.30. The number of benzene rings is 2. The van der Waals surface area contributed by atoms with Crippen LogP contribution >= 0.6 is 0 Å². The number of piperidine rings is 1. The molecule has 0 atom stereocenters. The number of ether oxygens (including phenoxy) is 3. The first kappa shape index (κ1) is 27.6. The van der Waals surface area contributed by atoms with E-state index in [0.29, 0.717) is 37.1 Å². The fourth-order valence-electron chi connectivity index (χ4n) is 6.30. The topological polar surface area (TPSA) is 94.1 Å². The van der Waals surface area contributed by atoms with Gasteiger partial charge < -0.3 is 34.3 Å². The van der Waals surface area contributed by atoms with Crippen LogP contribution in [0.15, 0.2) is 47.3 Å². The van der Waals surface area contributed by atoms with Crippen LogP contribution in [0.5, 0.6) is 17.2 Å². The second-order valence-electron chi connectivity index (χ2n) is 11.4. The normalized spacial score (nSPS) is 18.1. The highest BCUT2D eigenvalue weighted by molar-refractivity contribution is 6.06. The van der Waals surface area contributed by atoms with Gasteiger partial charge in [-0.2, -0.15) is 0 Å². The van der Waals surface area contributed by atoms with Crippen molar-refractivity contribution in [3.63, 3.8) is 0 Å². The van der Waals surface area contributed by atoms with Crippen molar-refractivity contribution in [2.24, 2.45) is 0 Å². The van der Waals surface area contributed by atoms with Gasteiger partial charge in [0.2, 0.25) is 0 Å². The van der Waals surface area contributed by atoms with Crippen molar-refractivity contribution < 1.29 is 19.0 Å². The molecular weight excluding hydrogens is 520 g/mol. The number of fused-ring (bicyclic) bond motifs is 2. The summed E-state index contributed by atoms with van der Waals surface area (Å²) in [6, 6.07) is 13.9. The summed E-state index contributed by atoms with van der Waals surface area (Å²) >= 11 is 0. The summed E-state index contributed by atoms with van der Waals surface area (Å²) in [6.07, 6.45) is 6.37. The summed E-state index contributed by atoms with van der Waals surface area (Å²) in [4.78, 5) is 28.9. The van der Waals surface area contributed by atoms with Crippen molar-refractivity contribution >= 4 is 16.8 Å². The molecule has 2 aliphatic heterocycles. The first-order chi connectivity index (χ1) is 20.1. The number of aromatic nitrogens is 1. The first-order valence-corrected chi connectivity index (χ1v) is 14.9. The molecule has 1 saturated heterocycles. The van der Waals surface area contributed by atoms with Crippen molar-refractivity contribution in [2.45, 2.75) is 63.7 Å². The predicted octanol–water partition coefficient (Wildman–Crippen LogP) is 3.71. The average molecular weight is 561 g/mol. The molecule has 3 aliphatic rings. The zero-order valence-corrected chi connectivity index (χ0v) is 23.8. The number of likely N-dealkylation sites (tertiary alicyclic amines) is 1. The molecule has 0 spiro atoms. The van der Waals surface area contributed by atoms with E-state index in [0.717, 1.165) is 87.1 Å². The summed E-state index contributed by atoms with van der Waals surface area (Å²) in [5.41, 5.74) is 2.22. The molecule has 6 rings (SSSR count). The highest BCUT2D eigenvalue weighted by atomic mass is 16.6. The smallest absolute Gasteiger partial charge is 0.252 e. The molecule has 0 unspecified atom stereocenters. The maximum Gasteiger partial charge on any atom is 0.252 e. The van der Waals surface area contributed by atoms with E-state index >= 15 is 0 Å². The van der Waals surface area contributed by atoms with E-state index in [-0.39, 0.29) is 17.5 Å². The fraction of sp³-hybridized carbons (Fsp3) is 0.500. The first-order valence-electron chi connectivity index (χ1n) is 14.9. The van der Waals surface area contributed by atoms with E-state index in [2.05, 4.69) is 27.7 Å². The number of hydrogen-bond donors (Lipinski definition) is 2. The summed E-state index contributed by atoms with van der Waals surface area (Å²) in [5, 5.41) is 7.62. The minimum atomic E-state index is -0.165. The van der Waals surface area contributed by atoms with Crippen molar-refractivity contribution in [1.82, 2.24) is 20.1 Å². The molecule has 1 amide bonds. The quantitative estimate of drug-likeness (QED) is 0.412. The third kappa shape index (κ3) is 6.36. The monoisotopic (exact) mass is 560 g/mol. The Kier molecular flexibility index (Phi) is 8.43. The molecule has 9 nitrogen and oxygen atoms in total. The average Bonchev–Trinajstić information content (AvgIpc) is 3.52. The van der Waals surface area contributed by atoms with Crippen LogP contribution in [0, 0.1) is 0 Å². The summed E-state index contributed by atoms with van der Waals surface area (Å²) < 4.78 is 18.6. The van der Waals surface area contributed by atoms with Gasteiger partial charge in [0.05, 0.1) is 18.2 Å². The number of hydrogen-bond acceptors (Lipinski definition) is 7. The molecular formula is C32H40N4O5. The number of carbonyl (C=O) groups is 1. The number of pyridine rings is 1. The number of carbonyl (C=O) groups excluding carboxylic acids is 1. The summed E-state index contributed by atoms with van der Waals surface area (Å²) in [6.45, 7) is 5.26. The van der Waals surface area contributed by atoms with Gasteiger partial charge in [0.25, 0.3) is 11.5 Å². The van der Waals surface area contributed by atoms with Gasteiger partial charge in [-0.15, -0.1) is 0 Å². The Hall–Kier alpha value is -3.56. The highest BCUT2D eigenvalue weighted by Gasteiger charge is 2.23. The molecule has 1 saturated carbocycles. The Labute approximate surface area is 240 Å². The van der Waals surface area contributed by atoms with E-state index in [1.54, 1.807) is 11.7 Å². The van der Waals surface area contributed by atoms with Gasteiger partial charge in [-0.25, -0.2) is 0 Å². The Morgan fingerprint density at radius 3 is 2.49 bits per heavy atom. The van der Waals surface area contributed by atoms with Crippen LogP contribution in [0.4, 0.5) is 0 Å². The van der Waals surface area contributed by atoms with Gasteiger partial charge >= 0.3 is 0 Å². The number of rotatable bonds is 9. The van der Waals surface area contributed by atoms with Crippen LogP contribution in [0.25, 0.3) is 10.9 Å². The van der Waals surface area contributed by atoms with E-state index in [1.165, 1.54) is 11.6 Å². The minimum absolute atomic E-state index is 0.154. The Bertz CT molecular complexity index is 1440. The predicted molar refractivity (Wildman–Crippen MR) is 158 cm³/mol. The van der Waals surface area contributed by atoms with Gasteiger partial charge in [-0.1, -0.05) is 18.9 Å². The highest BCUT2D eigenvalue weighted by Crippen LogP contribution is 2.31. The molecule has 41 heavy (non-hydrogen) atoms. The zero-order valence-electron chi connectivity index (χ0n) is 23.8. The Morgan fingerprint density at radius 1 is 0.927 bits per heavy atom. The van der Waals surface area contributed by atoms with Crippen LogP contribution in [0.1, 0.15) is 54.4 Å². The summed E-state index contributed by atoms with van der Waals surface area (Å²) in [7, 11) is 1.62. The Balaban J connectivity index is 1.07. The molecule has 2 N–H and O–H groups in total. The van der Waals surface area contributed by atoms with Gasteiger partial charge in [-0.3, -0.25) is 9.59 Å².